The highest BCUT2D eigenvalue weighted by atomic mass is 32.2. The van der Waals surface area contributed by atoms with Crippen LogP contribution in [0.2, 0.25) is 0 Å². The van der Waals surface area contributed by atoms with Gasteiger partial charge in [0, 0.05) is 31.4 Å². The van der Waals surface area contributed by atoms with Crippen molar-refractivity contribution in [3.05, 3.63) is 17.5 Å². The Labute approximate surface area is 138 Å². The van der Waals surface area contributed by atoms with Crippen molar-refractivity contribution in [3.8, 4) is 0 Å². The van der Waals surface area contributed by atoms with Crippen molar-refractivity contribution in [1.29, 1.82) is 0 Å². The van der Waals surface area contributed by atoms with Gasteiger partial charge in [-0.1, -0.05) is 13.3 Å². The molecule has 0 aromatic carbocycles. The van der Waals surface area contributed by atoms with Crippen LogP contribution in [0.1, 0.15) is 42.9 Å². The smallest absolute Gasteiger partial charge is 0.274 e. The molecule has 0 saturated carbocycles. The van der Waals surface area contributed by atoms with Crippen molar-refractivity contribution < 1.29 is 13.2 Å². The fourth-order valence-electron chi connectivity index (χ4n) is 3.21. The molecule has 1 aromatic heterocycles. The predicted molar refractivity (Wildman–Crippen MR) is 88.7 cm³/mol. The van der Waals surface area contributed by atoms with Crippen molar-refractivity contribution in [2.75, 3.05) is 19.3 Å². The summed E-state index contributed by atoms with van der Waals surface area (Å²) in [5.74, 6) is 0.0206. The molecule has 1 amide bonds. The number of carbonyl (C=O) groups is 1. The highest BCUT2D eigenvalue weighted by Crippen LogP contribution is 2.24. The first-order valence-electron chi connectivity index (χ1n) is 8.06. The molecule has 1 aliphatic heterocycles. The van der Waals surface area contributed by atoms with Crippen molar-refractivity contribution in [2.24, 2.45) is 5.92 Å². The van der Waals surface area contributed by atoms with Crippen LogP contribution in [0.25, 0.3) is 0 Å². The predicted octanol–water partition coefficient (Wildman–Crippen LogP) is 1.00. The lowest BCUT2D eigenvalue weighted by Crippen LogP contribution is -2.40. The van der Waals surface area contributed by atoms with Crippen molar-refractivity contribution in [1.82, 2.24) is 19.4 Å². The number of nitrogens with zero attached hydrogens (tertiary/aromatic N) is 3. The summed E-state index contributed by atoms with van der Waals surface area (Å²) in [7, 11) is -3.29. The molecule has 0 aliphatic carbocycles. The van der Waals surface area contributed by atoms with Gasteiger partial charge in [0.15, 0.2) is 5.69 Å². The van der Waals surface area contributed by atoms with Crippen LogP contribution in [0.15, 0.2) is 6.07 Å². The van der Waals surface area contributed by atoms with Crippen LogP contribution in [-0.4, -0.2) is 54.4 Å². The Kier molecular flexibility index (Phi) is 5.46. The van der Waals surface area contributed by atoms with Gasteiger partial charge in [-0.15, -0.1) is 0 Å². The lowest BCUT2D eigenvalue weighted by atomic mass is 9.99. The maximum atomic E-state index is 12.7. The number of amides is 1. The summed E-state index contributed by atoms with van der Waals surface area (Å²) < 4.78 is 27.5. The quantitative estimate of drug-likeness (QED) is 0.836. The fraction of sp³-hybridized carbons (Fsp3) is 0.733. The van der Waals surface area contributed by atoms with Crippen LogP contribution in [0.3, 0.4) is 0 Å². The highest BCUT2D eigenvalue weighted by molar-refractivity contribution is 7.88. The normalized spacial score (nSPS) is 21.8. The Bertz CT molecular complexity index is 668. The molecule has 23 heavy (non-hydrogen) atoms. The molecule has 1 fully saturated rings. The fourth-order valence-corrected chi connectivity index (χ4v) is 4.02. The second kappa shape index (κ2) is 7.00. The number of rotatable bonds is 6. The average molecular weight is 342 g/mol. The van der Waals surface area contributed by atoms with Crippen LogP contribution in [0, 0.1) is 12.8 Å². The van der Waals surface area contributed by atoms with Gasteiger partial charge in [0.2, 0.25) is 10.0 Å². The van der Waals surface area contributed by atoms with Gasteiger partial charge in [-0.2, -0.15) is 5.10 Å². The number of nitrogens with one attached hydrogen (secondary N) is 1. The zero-order valence-corrected chi connectivity index (χ0v) is 15.1. The number of carbonyl (C=O) groups excluding carboxylic acids is 1. The summed E-state index contributed by atoms with van der Waals surface area (Å²) in [5, 5.41) is 4.33. The van der Waals surface area contributed by atoms with E-state index in [2.05, 4.69) is 16.7 Å². The number of likely N-dealkylation sites (tertiary alicyclic amines) is 1. The first kappa shape index (κ1) is 17.9. The minimum atomic E-state index is -3.29. The Morgan fingerprint density at radius 3 is 2.61 bits per heavy atom. The minimum absolute atomic E-state index is 0.126. The Morgan fingerprint density at radius 2 is 2.09 bits per heavy atom. The first-order chi connectivity index (χ1) is 10.7. The number of aryl methyl sites for hydroxylation is 2. The highest BCUT2D eigenvalue weighted by Gasteiger charge is 2.37. The maximum absolute atomic E-state index is 12.7. The second-order valence-electron chi connectivity index (χ2n) is 6.24. The van der Waals surface area contributed by atoms with E-state index in [9.17, 15) is 13.2 Å². The zero-order chi connectivity index (χ0) is 17.2. The topological polar surface area (TPSA) is 84.3 Å². The molecule has 8 heteroatoms. The van der Waals surface area contributed by atoms with Gasteiger partial charge in [-0.05, 0) is 32.3 Å². The Morgan fingerprint density at radius 1 is 1.39 bits per heavy atom. The van der Waals surface area contributed by atoms with E-state index in [4.69, 9.17) is 0 Å². The number of sulfonamides is 1. The molecule has 0 bridgehead atoms. The summed E-state index contributed by atoms with van der Waals surface area (Å²) in [6.07, 6.45) is 3.00. The monoisotopic (exact) mass is 342 g/mol. The molecule has 1 aromatic rings. The molecular weight excluding hydrogens is 316 g/mol. The SMILES string of the molecule is CCC[C@@H]1CN(C(=O)c2cc(C)n(CC)n2)C[C@H]1NS(C)(=O)=O. The van der Waals surface area contributed by atoms with Gasteiger partial charge >= 0.3 is 0 Å². The lowest BCUT2D eigenvalue weighted by Gasteiger charge is -2.17. The van der Waals surface area contributed by atoms with E-state index < -0.39 is 10.0 Å². The molecule has 1 N–H and O–H groups in total. The van der Waals surface area contributed by atoms with Crippen LogP contribution in [0.4, 0.5) is 0 Å². The molecule has 2 atom stereocenters. The van der Waals surface area contributed by atoms with Gasteiger partial charge in [0.25, 0.3) is 5.91 Å². The molecule has 0 spiro atoms. The standard InChI is InChI=1S/C15H26N4O3S/c1-5-7-12-9-18(10-14(12)17-23(4,21)22)15(20)13-8-11(3)19(6-2)16-13/h8,12,14,17H,5-7,9-10H2,1-4H3/t12-,14-/m1/s1. The van der Waals surface area contributed by atoms with E-state index in [-0.39, 0.29) is 17.9 Å². The van der Waals surface area contributed by atoms with E-state index in [1.54, 1.807) is 15.6 Å². The average Bonchev–Trinajstić information content (AvgIpc) is 3.01. The molecule has 0 radical (unpaired) electrons. The van der Waals surface area contributed by atoms with E-state index in [0.717, 1.165) is 31.3 Å². The van der Waals surface area contributed by atoms with Crippen molar-refractivity contribution >= 4 is 15.9 Å². The molecule has 2 rings (SSSR count). The van der Waals surface area contributed by atoms with Crippen LogP contribution < -0.4 is 4.72 Å². The third-order valence-electron chi connectivity index (χ3n) is 4.25. The van der Waals surface area contributed by atoms with Crippen LogP contribution >= 0.6 is 0 Å². The summed E-state index contributed by atoms with van der Waals surface area (Å²) in [6.45, 7) is 7.65. The largest absolute Gasteiger partial charge is 0.335 e. The van der Waals surface area contributed by atoms with Crippen molar-refractivity contribution in [3.63, 3.8) is 0 Å². The van der Waals surface area contributed by atoms with Crippen LogP contribution in [-0.2, 0) is 16.6 Å². The molecule has 1 saturated heterocycles. The third kappa shape index (κ3) is 4.32. The third-order valence-corrected chi connectivity index (χ3v) is 4.98. The van der Waals surface area contributed by atoms with E-state index in [1.165, 1.54) is 0 Å². The van der Waals surface area contributed by atoms with Crippen LogP contribution in [0.5, 0.6) is 0 Å². The molecule has 0 unspecified atom stereocenters. The molecule has 1 aliphatic rings. The Hall–Kier alpha value is -1.41. The number of hydrogen-bond acceptors (Lipinski definition) is 4. The number of aromatic nitrogens is 2. The summed E-state index contributed by atoms with van der Waals surface area (Å²) in [6, 6.07) is 1.57. The first-order valence-corrected chi connectivity index (χ1v) is 9.95. The molecule has 2 heterocycles. The van der Waals surface area contributed by atoms with Gasteiger partial charge in [-0.3, -0.25) is 9.48 Å². The van der Waals surface area contributed by atoms with Gasteiger partial charge in [-0.25, -0.2) is 13.1 Å². The zero-order valence-electron chi connectivity index (χ0n) is 14.2. The minimum Gasteiger partial charge on any atom is -0.335 e. The van der Waals surface area contributed by atoms with Gasteiger partial charge in [0.1, 0.15) is 0 Å². The second-order valence-corrected chi connectivity index (χ2v) is 8.02. The van der Waals surface area contributed by atoms with Crippen molar-refractivity contribution in [2.45, 2.75) is 46.2 Å². The van der Waals surface area contributed by atoms with Gasteiger partial charge < -0.3 is 4.90 Å². The van der Waals surface area contributed by atoms with Gasteiger partial charge in [0.05, 0.1) is 6.26 Å². The Balaban J connectivity index is 2.14. The summed E-state index contributed by atoms with van der Waals surface area (Å²) >= 11 is 0. The van der Waals surface area contributed by atoms with E-state index in [0.29, 0.717) is 18.8 Å². The lowest BCUT2D eigenvalue weighted by molar-refractivity contribution is 0.0778. The van der Waals surface area contributed by atoms with E-state index in [1.807, 2.05) is 13.8 Å². The van der Waals surface area contributed by atoms with E-state index >= 15 is 0 Å². The molecular formula is C15H26N4O3S. The number of hydrogen-bond donors (Lipinski definition) is 1. The molecule has 130 valence electrons. The summed E-state index contributed by atoms with van der Waals surface area (Å²) in [4.78, 5) is 14.4. The maximum Gasteiger partial charge on any atom is 0.274 e. The summed E-state index contributed by atoms with van der Waals surface area (Å²) in [5.41, 5.74) is 1.38. The molecule has 7 nitrogen and oxygen atoms in total.